The van der Waals surface area contributed by atoms with Crippen molar-refractivity contribution in [3.63, 3.8) is 0 Å². The van der Waals surface area contributed by atoms with Crippen molar-refractivity contribution in [2.75, 3.05) is 5.75 Å². The normalized spacial score (nSPS) is 15.4. The Kier molecular flexibility index (Phi) is 8.36. The van der Waals surface area contributed by atoms with Crippen molar-refractivity contribution in [3.05, 3.63) is 29.8 Å². The molecule has 0 saturated heterocycles. The number of phenolic OH excluding ortho intramolecular Hbond substituents is 1. The molecule has 9 nitrogen and oxygen atoms in total. The number of phenols is 1. The maximum absolute atomic E-state index is 12.3. The number of nitrogens with two attached hydrogens (primary N) is 1. The van der Waals surface area contributed by atoms with Gasteiger partial charge in [-0.2, -0.15) is 12.6 Å². The summed E-state index contributed by atoms with van der Waals surface area (Å²) >= 11 is 3.88. The molecule has 0 aliphatic carbocycles. The Hall–Kier alpha value is -2.30. The monoisotopic (exact) mass is 385 g/mol. The topological polar surface area (TPSA) is 162 Å². The van der Waals surface area contributed by atoms with Gasteiger partial charge in [0.1, 0.15) is 17.8 Å². The lowest BCUT2D eigenvalue weighted by atomic mass is 10.0. The van der Waals surface area contributed by atoms with Crippen LogP contribution in [-0.2, 0) is 20.8 Å². The number of amides is 2. The first-order valence-corrected chi connectivity index (χ1v) is 8.45. The smallest absolute Gasteiger partial charge is 0.326 e. The number of nitrogens with one attached hydrogen (secondary N) is 2. The summed E-state index contributed by atoms with van der Waals surface area (Å²) in [5.74, 6) is -2.76. The zero-order valence-electron chi connectivity index (χ0n) is 14.1. The Bertz CT molecular complexity index is 637. The highest BCUT2D eigenvalue weighted by molar-refractivity contribution is 7.80. The van der Waals surface area contributed by atoms with Crippen molar-refractivity contribution in [2.24, 2.45) is 5.73 Å². The summed E-state index contributed by atoms with van der Waals surface area (Å²) in [6, 6.07) is 2.22. The number of carboxylic acids is 1. The molecule has 0 aliphatic heterocycles. The van der Waals surface area contributed by atoms with Crippen molar-refractivity contribution >= 4 is 30.4 Å². The SMILES string of the molecule is CC(O)C(NC(=O)C(N)CS)C(=O)NC(Cc1ccc(O)cc1)C(=O)O. The molecule has 2 amide bonds. The zero-order chi connectivity index (χ0) is 19.9. The minimum atomic E-state index is -1.37. The lowest BCUT2D eigenvalue weighted by Crippen LogP contribution is -2.58. The Morgan fingerprint density at radius 1 is 1.15 bits per heavy atom. The second-order valence-corrected chi connectivity index (χ2v) is 6.15. The van der Waals surface area contributed by atoms with Gasteiger partial charge in [-0.25, -0.2) is 4.79 Å². The van der Waals surface area contributed by atoms with Gasteiger partial charge >= 0.3 is 5.97 Å². The van der Waals surface area contributed by atoms with Crippen LogP contribution >= 0.6 is 12.6 Å². The van der Waals surface area contributed by atoms with Crippen LogP contribution < -0.4 is 16.4 Å². The van der Waals surface area contributed by atoms with E-state index in [4.69, 9.17) is 5.73 Å². The molecule has 0 saturated carbocycles. The van der Waals surface area contributed by atoms with Gasteiger partial charge < -0.3 is 31.7 Å². The van der Waals surface area contributed by atoms with Crippen LogP contribution in [0.1, 0.15) is 12.5 Å². The average molecular weight is 385 g/mol. The molecule has 1 rings (SSSR count). The van der Waals surface area contributed by atoms with Crippen LogP contribution in [0.15, 0.2) is 24.3 Å². The van der Waals surface area contributed by atoms with Gasteiger partial charge in [0.2, 0.25) is 11.8 Å². The highest BCUT2D eigenvalue weighted by atomic mass is 32.1. The third-order valence-corrected chi connectivity index (χ3v) is 3.98. The van der Waals surface area contributed by atoms with Gasteiger partial charge in [-0.15, -0.1) is 0 Å². The first kappa shape index (κ1) is 21.7. The second-order valence-electron chi connectivity index (χ2n) is 5.79. The van der Waals surface area contributed by atoms with Gasteiger partial charge in [0.25, 0.3) is 0 Å². The number of aliphatic hydroxyl groups is 1. The maximum Gasteiger partial charge on any atom is 0.326 e. The number of benzene rings is 1. The van der Waals surface area contributed by atoms with Gasteiger partial charge in [0.05, 0.1) is 12.1 Å². The first-order chi connectivity index (χ1) is 12.1. The number of aliphatic hydroxyl groups excluding tert-OH is 1. The van der Waals surface area contributed by atoms with E-state index in [2.05, 4.69) is 23.3 Å². The maximum atomic E-state index is 12.3. The van der Waals surface area contributed by atoms with E-state index in [1.54, 1.807) is 0 Å². The third kappa shape index (κ3) is 6.54. The van der Waals surface area contributed by atoms with Crippen molar-refractivity contribution in [1.82, 2.24) is 10.6 Å². The number of carbonyl (C=O) groups is 3. The number of carbonyl (C=O) groups excluding carboxylic acids is 2. The van der Waals surface area contributed by atoms with Crippen LogP contribution in [0.5, 0.6) is 5.75 Å². The lowest BCUT2D eigenvalue weighted by Gasteiger charge is -2.24. The minimum Gasteiger partial charge on any atom is -0.508 e. The van der Waals surface area contributed by atoms with Gasteiger partial charge in [-0.05, 0) is 24.6 Å². The molecule has 1 aromatic rings. The fraction of sp³-hybridized carbons (Fsp3) is 0.438. The number of carboxylic acid groups (broad SMARTS) is 1. The second kappa shape index (κ2) is 10.00. The van der Waals surface area contributed by atoms with E-state index in [9.17, 15) is 29.7 Å². The van der Waals surface area contributed by atoms with Crippen LogP contribution in [-0.4, -0.2) is 63.1 Å². The molecule has 0 aromatic heterocycles. The van der Waals surface area contributed by atoms with Crippen LogP contribution in [0.4, 0.5) is 0 Å². The van der Waals surface area contributed by atoms with E-state index in [0.29, 0.717) is 5.56 Å². The van der Waals surface area contributed by atoms with Crippen molar-refractivity contribution in [2.45, 2.75) is 37.6 Å². The predicted molar refractivity (Wildman–Crippen MR) is 96.8 cm³/mol. The molecule has 4 atom stereocenters. The standard InChI is InChI=1S/C16H23N3O6S/c1-8(20)13(19-14(22)11(17)7-26)15(23)18-12(16(24)25)6-9-2-4-10(21)5-3-9/h2-5,8,11-13,20-21,26H,6-7,17H2,1H3,(H,18,23)(H,19,22)(H,24,25). The largest absolute Gasteiger partial charge is 0.508 e. The third-order valence-electron chi connectivity index (χ3n) is 3.59. The minimum absolute atomic E-state index is 0.0297. The highest BCUT2D eigenvalue weighted by Crippen LogP contribution is 2.11. The van der Waals surface area contributed by atoms with Gasteiger partial charge in [0.15, 0.2) is 0 Å². The molecule has 1 aromatic carbocycles. The summed E-state index contributed by atoms with van der Waals surface area (Å²) in [7, 11) is 0. The number of aromatic hydroxyl groups is 1. The van der Waals surface area contributed by atoms with E-state index in [1.165, 1.54) is 31.2 Å². The molecule has 26 heavy (non-hydrogen) atoms. The molecule has 0 heterocycles. The Morgan fingerprint density at radius 2 is 1.73 bits per heavy atom. The summed E-state index contributed by atoms with van der Waals surface area (Å²) in [5, 5.41) is 32.9. The zero-order valence-corrected chi connectivity index (χ0v) is 15.0. The molecular formula is C16H23N3O6S. The number of hydrogen-bond donors (Lipinski definition) is 7. The summed E-state index contributed by atoms with van der Waals surface area (Å²) in [6.07, 6.45) is -1.31. The molecule has 144 valence electrons. The van der Waals surface area contributed by atoms with Crippen LogP contribution in [0.3, 0.4) is 0 Å². The van der Waals surface area contributed by atoms with Crippen molar-refractivity contribution in [1.29, 1.82) is 0 Å². The molecule has 0 bridgehead atoms. The molecule has 0 radical (unpaired) electrons. The Labute approximate surface area is 156 Å². The Balaban J connectivity index is 2.83. The molecule has 0 spiro atoms. The van der Waals surface area contributed by atoms with Crippen LogP contribution in [0.25, 0.3) is 0 Å². The van der Waals surface area contributed by atoms with E-state index in [1.807, 2.05) is 0 Å². The fourth-order valence-electron chi connectivity index (χ4n) is 2.08. The van der Waals surface area contributed by atoms with Gasteiger partial charge in [-0.1, -0.05) is 12.1 Å². The summed E-state index contributed by atoms with van der Waals surface area (Å²) in [5.41, 5.74) is 6.09. The fourth-order valence-corrected chi connectivity index (χ4v) is 2.24. The lowest BCUT2D eigenvalue weighted by molar-refractivity contribution is -0.142. The van der Waals surface area contributed by atoms with Crippen LogP contribution in [0.2, 0.25) is 0 Å². The highest BCUT2D eigenvalue weighted by Gasteiger charge is 2.30. The molecule has 0 fully saturated rings. The van der Waals surface area contributed by atoms with E-state index in [0.717, 1.165) is 0 Å². The molecule has 4 unspecified atom stereocenters. The average Bonchev–Trinajstić information content (AvgIpc) is 2.59. The summed E-state index contributed by atoms with van der Waals surface area (Å²) in [4.78, 5) is 35.6. The quantitative estimate of drug-likeness (QED) is 0.258. The van der Waals surface area contributed by atoms with E-state index >= 15 is 0 Å². The number of hydrogen-bond acceptors (Lipinski definition) is 7. The summed E-state index contributed by atoms with van der Waals surface area (Å²) < 4.78 is 0. The summed E-state index contributed by atoms with van der Waals surface area (Å²) in [6.45, 7) is 1.28. The van der Waals surface area contributed by atoms with E-state index in [-0.39, 0.29) is 17.9 Å². The van der Waals surface area contributed by atoms with Crippen molar-refractivity contribution in [3.8, 4) is 5.75 Å². The number of thiol groups is 1. The van der Waals surface area contributed by atoms with Gasteiger partial charge in [-0.3, -0.25) is 9.59 Å². The first-order valence-electron chi connectivity index (χ1n) is 7.81. The van der Waals surface area contributed by atoms with Crippen LogP contribution in [0, 0.1) is 0 Å². The molecular weight excluding hydrogens is 362 g/mol. The predicted octanol–water partition coefficient (Wildman–Crippen LogP) is -1.37. The molecule has 7 N–H and O–H groups in total. The molecule has 0 aliphatic rings. The van der Waals surface area contributed by atoms with Crippen molar-refractivity contribution < 1.29 is 29.7 Å². The molecule has 10 heteroatoms. The number of aliphatic carboxylic acids is 1. The number of rotatable bonds is 9. The van der Waals surface area contributed by atoms with E-state index < -0.39 is 42.0 Å². The van der Waals surface area contributed by atoms with Gasteiger partial charge in [0, 0.05) is 12.2 Å². The Morgan fingerprint density at radius 3 is 2.19 bits per heavy atom.